The number of nitro groups is 2. The average molecular weight is 755 g/mol. The van der Waals surface area contributed by atoms with Gasteiger partial charge in [0.25, 0.3) is 11.4 Å². The number of hydrogen-bond donors (Lipinski definition) is 0. The number of nitrogens with zero attached hydrogens (tertiary/aromatic N) is 2. The fraction of sp³-hybridized carbons (Fsp3) is 0.333. The highest BCUT2D eigenvalue weighted by atomic mass is 32.2. The van der Waals surface area contributed by atoms with E-state index in [1.165, 1.54) is 59.2 Å². The number of nitro benzene ring substituents is 2. The van der Waals surface area contributed by atoms with E-state index in [4.69, 9.17) is 18.9 Å². The van der Waals surface area contributed by atoms with Crippen molar-refractivity contribution in [3.05, 3.63) is 80.9 Å². The zero-order valence-corrected chi connectivity index (χ0v) is 31.5. The summed E-state index contributed by atoms with van der Waals surface area (Å²) < 4.78 is 25.4. The van der Waals surface area contributed by atoms with Crippen LogP contribution in [0.2, 0.25) is 0 Å². The van der Waals surface area contributed by atoms with Gasteiger partial charge in [0.15, 0.2) is 11.5 Å². The van der Waals surface area contributed by atoms with Gasteiger partial charge < -0.3 is 18.9 Å². The van der Waals surface area contributed by atoms with Crippen molar-refractivity contribution in [2.24, 2.45) is 0 Å². The number of ether oxygens (including phenoxy) is 4. The summed E-state index contributed by atoms with van der Waals surface area (Å²) in [5, 5.41) is 25.0. The molecule has 0 atom stereocenters. The van der Waals surface area contributed by atoms with Crippen LogP contribution >= 0.6 is 47.0 Å². The van der Waals surface area contributed by atoms with Gasteiger partial charge in [-0.25, -0.2) is 0 Å². The van der Waals surface area contributed by atoms with E-state index in [1.807, 2.05) is 64.1 Å². The first-order valence-electron chi connectivity index (χ1n) is 16.4. The minimum atomic E-state index is -0.404. The maximum Gasteiger partial charge on any atom is 0.287 e. The number of benzene rings is 4. The van der Waals surface area contributed by atoms with Crippen LogP contribution in [0, 0.1) is 20.2 Å². The Balaban J connectivity index is 1.86. The Bertz CT molecular complexity index is 1740. The summed E-state index contributed by atoms with van der Waals surface area (Å²) in [6, 6.07) is 17.8. The second-order valence-electron chi connectivity index (χ2n) is 11.0. The van der Waals surface area contributed by atoms with E-state index in [1.54, 1.807) is 12.1 Å². The van der Waals surface area contributed by atoms with Crippen molar-refractivity contribution in [1.82, 2.24) is 0 Å². The minimum Gasteiger partial charge on any atom is -0.491 e. The Morgan fingerprint density at radius 2 is 0.760 bits per heavy atom. The molecular weight excluding hydrogens is 717 g/mol. The van der Waals surface area contributed by atoms with Crippen LogP contribution in [0.5, 0.6) is 23.0 Å². The van der Waals surface area contributed by atoms with Crippen LogP contribution in [0.1, 0.15) is 53.4 Å². The van der Waals surface area contributed by atoms with Gasteiger partial charge in [-0.15, -0.1) is 0 Å². The summed E-state index contributed by atoms with van der Waals surface area (Å²) in [4.78, 5) is 29.1. The fourth-order valence-electron chi connectivity index (χ4n) is 4.86. The molecule has 0 amide bonds. The summed E-state index contributed by atoms with van der Waals surface area (Å²) in [5.41, 5.74) is -0.201. The molecule has 0 saturated heterocycles. The molecule has 0 unspecified atom stereocenters. The molecule has 1 aliphatic rings. The topological polar surface area (TPSA) is 123 Å². The summed E-state index contributed by atoms with van der Waals surface area (Å²) in [6.07, 6.45) is 2.88. The Morgan fingerprint density at radius 1 is 0.460 bits per heavy atom. The third-order valence-corrected chi connectivity index (χ3v) is 11.5. The summed E-state index contributed by atoms with van der Waals surface area (Å²) in [7, 11) is 0. The van der Waals surface area contributed by atoms with Gasteiger partial charge in [-0.05, 0) is 62.1 Å². The van der Waals surface area contributed by atoms with Crippen molar-refractivity contribution in [2.75, 3.05) is 26.4 Å². The van der Waals surface area contributed by atoms with Gasteiger partial charge in [0, 0.05) is 12.1 Å². The zero-order valence-electron chi connectivity index (χ0n) is 28.2. The first-order valence-corrected chi connectivity index (χ1v) is 19.7. The molecule has 10 nitrogen and oxygen atoms in total. The van der Waals surface area contributed by atoms with E-state index in [0.717, 1.165) is 16.2 Å². The molecule has 0 N–H and O–H groups in total. The molecule has 0 aromatic heterocycles. The summed E-state index contributed by atoms with van der Waals surface area (Å²) >= 11 is 5.20. The Labute approximate surface area is 308 Å². The van der Waals surface area contributed by atoms with Crippen LogP contribution in [0.15, 0.2) is 99.8 Å². The average Bonchev–Trinajstić information content (AvgIpc) is 3.10. The molecule has 4 aromatic rings. The van der Waals surface area contributed by atoms with E-state index >= 15 is 0 Å². The molecule has 4 aromatic carbocycles. The molecule has 0 spiro atoms. The van der Waals surface area contributed by atoms with Crippen LogP contribution in [-0.2, 0) is 0 Å². The smallest absolute Gasteiger partial charge is 0.287 e. The molecule has 0 saturated carbocycles. The van der Waals surface area contributed by atoms with Gasteiger partial charge in [0.05, 0.1) is 65.6 Å². The zero-order chi connectivity index (χ0) is 35.6. The highest BCUT2D eigenvalue weighted by Gasteiger charge is 2.30. The summed E-state index contributed by atoms with van der Waals surface area (Å²) in [6.45, 7) is 9.51. The van der Waals surface area contributed by atoms with Crippen LogP contribution < -0.4 is 18.9 Å². The third kappa shape index (κ3) is 8.59. The molecule has 264 valence electrons. The molecule has 1 aliphatic heterocycles. The second-order valence-corrected chi connectivity index (χ2v) is 15.2. The van der Waals surface area contributed by atoms with Gasteiger partial charge in [-0.1, -0.05) is 86.9 Å². The molecule has 0 aliphatic carbocycles. The molecule has 14 heteroatoms. The van der Waals surface area contributed by atoms with E-state index < -0.39 is 9.85 Å². The van der Waals surface area contributed by atoms with E-state index in [-0.39, 0.29) is 11.4 Å². The van der Waals surface area contributed by atoms with Gasteiger partial charge in [-0.2, -0.15) is 0 Å². The molecule has 0 radical (unpaired) electrons. The maximum atomic E-state index is 12.5. The minimum absolute atomic E-state index is 0.101. The number of fused-ring (bicyclic) bond motifs is 8. The SMILES string of the molecule is CCCOc1c2cccc1Sc1ccc([N+](=O)[O-])c(c1OCCC)Sc1cccc(c1OCCC)Sc1c([N+](=O)[O-])ccc(c1OCCC)S2. The van der Waals surface area contributed by atoms with Crippen LogP contribution in [0.3, 0.4) is 0 Å². The Morgan fingerprint density at radius 3 is 1.08 bits per heavy atom. The quantitative estimate of drug-likeness (QED) is 0.0791. The number of hydrogen-bond acceptors (Lipinski definition) is 12. The van der Waals surface area contributed by atoms with Crippen LogP contribution in [-0.4, -0.2) is 36.3 Å². The lowest BCUT2D eigenvalue weighted by Gasteiger charge is -2.21. The molecule has 0 fully saturated rings. The van der Waals surface area contributed by atoms with Crippen LogP contribution in [0.4, 0.5) is 11.4 Å². The van der Waals surface area contributed by atoms with Gasteiger partial charge in [-0.3, -0.25) is 20.2 Å². The lowest BCUT2D eigenvalue weighted by atomic mass is 10.3. The van der Waals surface area contributed by atoms with Crippen molar-refractivity contribution in [3.8, 4) is 23.0 Å². The van der Waals surface area contributed by atoms with Gasteiger partial charge >= 0.3 is 0 Å². The predicted molar refractivity (Wildman–Crippen MR) is 199 cm³/mol. The summed E-state index contributed by atoms with van der Waals surface area (Å²) in [5.74, 6) is 1.91. The predicted octanol–water partition coefficient (Wildman–Crippen LogP) is 11.6. The highest BCUT2D eigenvalue weighted by Crippen LogP contribution is 2.56. The molecular formula is C36H38N2O8S4. The standard InChI is InChI=1S/C36H38N2O8S4/c1-5-19-43-31-25-11-9-12-26(31)48-30-18-16-24(38(41)42)36(34(30)46-22-8-4)50-28-14-10-13-27(32(28)44-20-6-2)49-35-23(37(39)40)15-17-29(47-25)33(35)45-21-7-3/h9-18H,5-8,19-22H2,1-4H3. The second kappa shape index (κ2) is 18.0. The van der Waals surface area contributed by atoms with E-state index in [0.29, 0.717) is 98.1 Å². The molecule has 1 heterocycles. The van der Waals surface area contributed by atoms with Gasteiger partial charge in [0.2, 0.25) is 0 Å². The number of rotatable bonds is 14. The van der Waals surface area contributed by atoms with E-state index in [2.05, 4.69) is 0 Å². The molecule has 8 bridgehead atoms. The van der Waals surface area contributed by atoms with Crippen molar-refractivity contribution in [2.45, 2.75) is 92.5 Å². The van der Waals surface area contributed by atoms with Crippen LogP contribution in [0.25, 0.3) is 0 Å². The monoisotopic (exact) mass is 754 g/mol. The van der Waals surface area contributed by atoms with Crippen molar-refractivity contribution in [3.63, 3.8) is 0 Å². The fourth-order valence-corrected chi connectivity index (χ4v) is 9.46. The lowest BCUT2D eigenvalue weighted by Crippen LogP contribution is -2.04. The van der Waals surface area contributed by atoms with E-state index in [9.17, 15) is 20.2 Å². The number of para-hydroxylation sites is 2. The van der Waals surface area contributed by atoms with Crippen molar-refractivity contribution < 1.29 is 28.8 Å². The Kier molecular flexibility index (Phi) is 13.5. The normalized spacial score (nSPS) is 12.2. The molecule has 5 rings (SSSR count). The molecule has 50 heavy (non-hydrogen) atoms. The van der Waals surface area contributed by atoms with Crippen molar-refractivity contribution in [1.29, 1.82) is 0 Å². The first-order chi connectivity index (χ1) is 24.3. The maximum absolute atomic E-state index is 12.5. The highest BCUT2D eigenvalue weighted by molar-refractivity contribution is 8.01. The van der Waals surface area contributed by atoms with Crippen molar-refractivity contribution >= 4 is 58.4 Å². The van der Waals surface area contributed by atoms with Gasteiger partial charge in [0.1, 0.15) is 21.3 Å². The lowest BCUT2D eigenvalue weighted by molar-refractivity contribution is -0.388. The third-order valence-electron chi connectivity index (χ3n) is 7.06. The first kappa shape index (κ1) is 37.5. The Hall–Kier alpha value is -3.72. The largest absolute Gasteiger partial charge is 0.491 e.